The molecule has 1 heterocycles. The Morgan fingerprint density at radius 2 is 1.69 bits per heavy atom. The average Bonchev–Trinajstić information content (AvgIpc) is 3.01. The van der Waals surface area contributed by atoms with Gasteiger partial charge in [0.2, 0.25) is 23.9 Å². The zero-order chi connectivity index (χ0) is 28.1. The van der Waals surface area contributed by atoms with Crippen LogP contribution in [0.25, 0.3) is 0 Å². The van der Waals surface area contributed by atoms with Crippen LogP contribution in [-0.4, -0.2) is 48.1 Å². The molecule has 39 heavy (non-hydrogen) atoms. The fraction of sp³-hybridized carbons (Fsp3) is 0.179. The normalized spacial score (nSPS) is 15.5. The van der Waals surface area contributed by atoms with Crippen LogP contribution in [0.1, 0.15) is 23.6 Å². The number of anilines is 1. The number of fused-ring (bicyclic) bond motifs is 1. The molecule has 0 radical (unpaired) electrons. The van der Waals surface area contributed by atoms with Crippen molar-refractivity contribution in [3.63, 3.8) is 0 Å². The summed E-state index contributed by atoms with van der Waals surface area (Å²) in [6.45, 7) is 0.829. The second kappa shape index (κ2) is 12.1. The van der Waals surface area contributed by atoms with Crippen LogP contribution >= 0.6 is 23.2 Å². The van der Waals surface area contributed by atoms with Crippen molar-refractivity contribution >= 4 is 58.2 Å². The van der Waals surface area contributed by atoms with E-state index in [1.165, 1.54) is 11.8 Å². The Kier molecular flexibility index (Phi) is 8.63. The summed E-state index contributed by atoms with van der Waals surface area (Å²) in [5.41, 5.74) is 8.43. The van der Waals surface area contributed by atoms with Gasteiger partial charge in [0.15, 0.2) is 0 Å². The molecule has 4 amide bonds. The number of nitrogens with two attached hydrogens (primary N) is 1. The maximum absolute atomic E-state index is 13.6. The maximum atomic E-state index is 13.6. The third-order valence-electron chi connectivity index (χ3n) is 6.00. The van der Waals surface area contributed by atoms with Gasteiger partial charge in [0.25, 0.3) is 5.91 Å². The minimum absolute atomic E-state index is 0.0677. The summed E-state index contributed by atoms with van der Waals surface area (Å²) in [7, 11) is 0. The van der Waals surface area contributed by atoms with E-state index >= 15 is 0 Å². The van der Waals surface area contributed by atoms with Crippen molar-refractivity contribution in [2.75, 3.05) is 11.4 Å². The van der Waals surface area contributed by atoms with Gasteiger partial charge in [0, 0.05) is 24.5 Å². The number of carbonyl (C=O) groups is 4. The van der Waals surface area contributed by atoms with E-state index in [1.807, 2.05) is 30.3 Å². The highest BCUT2D eigenvalue weighted by molar-refractivity contribution is 6.42. The van der Waals surface area contributed by atoms with Crippen molar-refractivity contribution in [1.82, 2.24) is 10.6 Å². The number of amides is 4. The number of primary amides is 1. The number of hydrogen-bond acceptors (Lipinski definition) is 5. The van der Waals surface area contributed by atoms with E-state index in [-0.39, 0.29) is 6.42 Å². The molecule has 2 atom stereocenters. The van der Waals surface area contributed by atoms with Crippen molar-refractivity contribution in [1.29, 1.82) is 0 Å². The third kappa shape index (κ3) is 6.63. The fourth-order valence-corrected chi connectivity index (χ4v) is 4.53. The number of benzodiazepines with no additional fused rings is 1. The second-order valence-electron chi connectivity index (χ2n) is 8.86. The molecule has 0 saturated carbocycles. The summed E-state index contributed by atoms with van der Waals surface area (Å²) >= 11 is 12.0. The van der Waals surface area contributed by atoms with Crippen LogP contribution in [-0.2, 0) is 25.6 Å². The van der Waals surface area contributed by atoms with E-state index in [0.29, 0.717) is 32.6 Å². The number of rotatable bonds is 8. The van der Waals surface area contributed by atoms with Gasteiger partial charge >= 0.3 is 0 Å². The molecule has 0 fully saturated rings. The van der Waals surface area contributed by atoms with Crippen molar-refractivity contribution in [2.45, 2.75) is 25.6 Å². The Morgan fingerprint density at radius 3 is 2.36 bits per heavy atom. The van der Waals surface area contributed by atoms with E-state index in [0.717, 1.165) is 5.56 Å². The van der Waals surface area contributed by atoms with Gasteiger partial charge < -0.3 is 16.4 Å². The Bertz CT molecular complexity index is 1460. The minimum Gasteiger partial charge on any atom is -0.368 e. The van der Waals surface area contributed by atoms with Crippen molar-refractivity contribution in [2.24, 2.45) is 10.7 Å². The monoisotopic (exact) mass is 565 g/mol. The molecule has 11 heteroatoms. The van der Waals surface area contributed by atoms with Gasteiger partial charge in [0.05, 0.1) is 21.4 Å². The van der Waals surface area contributed by atoms with Gasteiger partial charge in [-0.1, -0.05) is 77.8 Å². The zero-order valence-corrected chi connectivity index (χ0v) is 22.4. The van der Waals surface area contributed by atoms with Crippen LogP contribution in [0.5, 0.6) is 0 Å². The number of halogens is 2. The van der Waals surface area contributed by atoms with E-state index in [4.69, 9.17) is 28.9 Å². The van der Waals surface area contributed by atoms with E-state index in [2.05, 4.69) is 15.6 Å². The van der Waals surface area contributed by atoms with E-state index in [9.17, 15) is 19.2 Å². The highest BCUT2D eigenvalue weighted by atomic mass is 35.5. The number of para-hydroxylation sites is 1. The number of nitrogens with zero attached hydrogens (tertiary/aromatic N) is 2. The molecule has 1 unspecified atom stereocenters. The van der Waals surface area contributed by atoms with Crippen LogP contribution in [0, 0.1) is 0 Å². The largest absolute Gasteiger partial charge is 0.368 e. The molecule has 0 saturated heterocycles. The number of hydrogen-bond donors (Lipinski definition) is 3. The van der Waals surface area contributed by atoms with Gasteiger partial charge in [-0.05, 0) is 23.8 Å². The lowest BCUT2D eigenvalue weighted by Crippen LogP contribution is -2.53. The summed E-state index contributed by atoms with van der Waals surface area (Å²) in [4.78, 5) is 56.8. The number of carbonyl (C=O) groups excluding carboxylic acids is 4. The van der Waals surface area contributed by atoms with E-state index in [1.54, 1.807) is 42.5 Å². The molecule has 200 valence electrons. The van der Waals surface area contributed by atoms with Crippen molar-refractivity contribution < 1.29 is 19.2 Å². The highest BCUT2D eigenvalue weighted by Crippen LogP contribution is 2.28. The Morgan fingerprint density at radius 1 is 1.00 bits per heavy atom. The van der Waals surface area contributed by atoms with Crippen LogP contribution in [0.15, 0.2) is 77.8 Å². The molecule has 3 aromatic carbocycles. The molecule has 1 aliphatic rings. The molecule has 4 N–H and O–H groups in total. The first kappa shape index (κ1) is 27.8. The lowest BCUT2D eigenvalue weighted by Gasteiger charge is -2.26. The molecule has 0 spiro atoms. The Hall–Kier alpha value is -4.21. The van der Waals surface area contributed by atoms with Crippen molar-refractivity contribution in [3.05, 3.63) is 99.5 Å². The second-order valence-corrected chi connectivity index (χ2v) is 9.68. The minimum atomic E-state index is -1.28. The zero-order valence-electron chi connectivity index (χ0n) is 20.9. The predicted molar refractivity (Wildman–Crippen MR) is 150 cm³/mol. The first-order chi connectivity index (χ1) is 18.6. The fourth-order valence-electron chi connectivity index (χ4n) is 4.21. The molecular formula is C28H25Cl2N5O4. The molecule has 0 bridgehead atoms. The predicted octanol–water partition coefficient (Wildman–Crippen LogP) is 2.85. The summed E-state index contributed by atoms with van der Waals surface area (Å²) in [5.74, 6) is -2.47. The van der Waals surface area contributed by atoms with Gasteiger partial charge in [0.1, 0.15) is 12.6 Å². The van der Waals surface area contributed by atoms with Crippen LogP contribution in [0.2, 0.25) is 10.0 Å². The smallest absolute Gasteiger partial charge is 0.272 e. The average molecular weight is 566 g/mol. The van der Waals surface area contributed by atoms with Gasteiger partial charge in [-0.15, -0.1) is 0 Å². The SMILES string of the molecule is CC(=O)NC1N=C(c2ccccc2)c2ccccc2N(CC(=O)N[C@H](Cc2ccc(Cl)c(Cl)c2)C(N)=O)C1=O. The molecule has 1 aliphatic heterocycles. The summed E-state index contributed by atoms with van der Waals surface area (Å²) < 4.78 is 0. The topological polar surface area (TPSA) is 134 Å². The van der Waals surface area contributed by atoms with Gasteiger partial charge in [-0.3, -0.25) is 24.1 Å². The first-order valence-electron chi connectivity index (χ1n) is 12.0. The standard InChI is InChI=1S/C28H25Cl2N5O4/c1-16(36)32-27-28(39)35(23-10-6-5-9-19(23)25(34-27)18-7-3-2-4-8-18)15-24(37)33-22(26(31)38)14-17-11-12-20(29)21(30)13-17/h2-13,22,27H,14-15H2,1H3,(H2,31,38)(H,32,36)(H,33,37)/t22-,27?/m1/s1. The molecule has 3 aromatic rings. The molecule has 0 aliphatic carbocycles. The van der Waals surface area contributed by atoms with Crippen LogP contribution in [0.3, 0.4) is 0 Å². The van der Waals surface area contributed by atoms with Gasteiger partial charge in [-0.2, -0.15) is 0 Å². The highest BCUT2D eigenvalue weighted by Gasteiger charge is 2.34. The quantitative estimate of drug-likeness (QED) is 0.387. The van der Waals surface area contributed by atoms with Crippen LogP contribution < -0.4 is 21.3 Å². The molecular weight excluding hydrogens is 541 g/mol. The molecule has 4 rings (SSSR count). The molecule has 9 nitrogen and oxygen atoms in total. The lowest BCUT2D eigenvalue weighted by molar-refractivity contribution is -0.128. The molecule has 0 aromatic heterocycles. The maximum Gasteiger partial charge on any atom is 0.272 e. The number of aliphatic imine (C=N–C) groups is 1. The van der Waals surface area contributed by atoms with E-state index < -0.39 is 42.4 Å². The van der Waals surface area contributed by atoms with Crippen molar-refractivity contribution in [3.8, 4) is 0 Å². The Labute approximate surface area is 235 Å². The summed E-state index contributed by atoms with van der Waals surface area (Å²) in [6, 6.07) is 20.0. The first-order valence-corrected chi connectivity index (χ1v) is 12.7. The number of nitrogens with one attached hydrogen (secondary N) is 2. The third-order valence-corrected chi connectivity index (χ3v) is 6.74. The Balaban J connectivity index is 1.65. The summed E-state index contributed by atoms with van der Waals surface area (Å²) in [6.07, 6.45) is -1.21. The van der Waals surface area contributed by atoms with Gasteiger partial charge in [-0.25, -0.2) is 4.99 Å². The summed E-state index contributed by atoms with van der Waals surface area (Å²) in [5, 5.41) is 5.82. The lowest BCUT2D eigenvalue weighted by atomic mass is 10.0. The number of benzene rings is 3. The van der Waals surface area contributed by atoms with Crippen LogP contribution in [0.4, 0.5) is 5.69 Å².